The van der Waals surface area contributed by atoms with Crippen molar-refractivity contribution in [3.8, 4) is 0 Å². The molecule has 0 saturated carbocycles. The minimum absolute atomic E-state index is 0.450. The standard InChI is InChI=1S/C15H14Cl3NO/c1-20-9-11-4-2-10(3-5-11)8-19-15-7-13(17)12(16)6-14(15)18/h2-7,19H,8-9H2,1H3. The number of halogens is 3. The van der Waals surface area contributed by atoms with Gasteiger partial charge in [-0.1, -0.05) is 59.1 Å². The van der Waals surface area contributed by atoms with Crippen molar-refractivity contribution in [2.24, 2.45) is 0 Å². The maximum atomic E-state index is 6.11. The average molecular weight is 331 g/mol. The summed E-state index contributed by atoms with van der Waals surface area (Å²) in [5.41, 5.74) is 3.05. The molecular formula is C15H14Cl3NO. The molecule has 2 aromatic carbocycles. The first kappa shape index (κ1) is 15.5. The molecule has 2 rings (SSSR count). The second-order valence-corrected chi connectivity index (χ2v) is 5.57. The van der Waals surface area contributed by atoms with Crippen LogP contribution in [0, 0.1) is 0 Å². The van der Waals surface area contributed by atoms with Crippen LogP contribution in [0.5, 0.6) is 0 Å². The molecule has 0 bridgehead atoms. The van der Waals surface area contributed by atoms with Crippen LogP contribution < -0.4 is 5.32 Å². The largest absolute Gasteiger partial charge is 0.380 e. The molecule has 0 aliphatic heterocycles. The van der Waals surface area contributed by atoms with E-state index in [0.29, 0.717) is 28.2 Å². The molecule has 2 nitrogen and oxygen atoms in total. The second-order valence-electron chi connectivity index (χ2n) is 4.35. The van der Waals surface area contributed by atoms with Gasteiger partial charge in [0, 0.05) is 13.7 Å². The van der Waals surface area contributed by atoms with Crippen molar-refractivity contribution in [2.75, 3.05) is 12.4 Å². The zero-order valence-electron chi connectivity index (χ0n) is 10.9. The van der Waals surface area contributed by atoms with Crippen LogP contribution in [0.15, 0.2) is 36.4 Å². The van der Waals surface area contributed by atoms with Gasteiger partial charge in [0.25, 0.3) is 0 Å². The van der Waals surface area contributed by atoms with E-state index in [9.17, 15) is 0 Å². The lowest BCUT2D eigenvalue weighted by Gasteiger charge is -2.10. The smallest absolute Gasteiger partial charge is 0.0713 e. The Morgan fingerprint density at radius 1 is 0.900 bits per heavy atom. The van der Waals surface area contributed by atoms with E-state index < -0.39 is 0 Å². The Kier molecular flexibility index (Phi) is 5.55. The molecule has 0 radical (unpaired) electrons. The molecular weight excluding hydrogens is 317 g/mol. The third-order valence-corrected chi connectivity index (χ3v) is 3.86. The number of methoxy groups -OCH3 is 1. The molecule has 0 heterocycles. The number of benzene rings is 2. The van der Waals surface area contributed by atoms with Gasteiger partial charge in [0.1, 0.15) is 0 Å². The molecule has 0 unspecified atom stereocenters. The van der Waals surface area contributed by atoms with E-state index in [0.717, 1.165) is 16.8 Å². The van der Waals surface area contributed by atoms with Crippen molar-refractivity contribution in [3.63, 3.8) is 0 Å². The summed E-state index contributed by atoms with van der Waals surface area (Å²) in [7, 11) is 1.68. The van der Waals surface area contributed by atoms with Gasteiger partial charge >= 0.3 is 0 Å². The number of anilines is 1. The lowest BCUT2D eigenvalue weighted by Crippen LogP contribution is -2.00. The highest BCUT2D eigenvalue weighted by atomic mass is 35.5. The predicted molar refractivity (Wildman–Crippen MR) is 86.0 cm³/mol. The third-order valence-electron chi connectivity index (χ3n) is 2.83. The Balaban J connectivity index is 2.03. The minimum Gasteiger partial charge on any atom is -0.380 e. The molecule has 2 aromatic rings. The van der Waals surface area contributed by atoms with Gasteiger partial charge in [-0.25, -0.2) is 0 Å². The molecule has 106 valence electrons. The van der Waals surface area contributed by atoms with E-state index >= 15 is 0 Å². The summed E-state index contributed by atoms with van der Waals surface area (Å²) in [5.74, 6) is 0. The third kappa shape index (κ3) is 4.03. The summed E-state index contributed by atoms with van der Waals surface area (Å²) in [6, 6.07) is 11.5. The van der Waals surface area contributed by atoms with Crippen molar-refractivity contribution >= 4 is 40.5 Å². The zero-order valence-corrected chi connectivity index (χ0v) is 13.2. The van der Waals surface area contributed by atoms with E-state index in [1.54, 1.807) is 19.2 Å². The van der Waals surface area contributed by atoms with E-state index in [1.165, 1.54) is 0 Å². The highest BCUT2D eigenvalue weighted by Gasteiger charge is 2.05. The maximum absolute atomic E-state index is 6.11. The summed E-state index contributed by atoms with van der Waals surface area (Å²) in [6.45, 7) is 1.28. The van der Waals surface area contributed by atoms with Crippen molar-refractivity contribution in [1.29, 1.82) is 0 Å². The molecule has 1 N–H and O–H groups in total. The van der Waals surface area contributed by atoms with Crippen LogP contribution >= 0.6 is 34.8 Å². The summed E-state index contributed by atoms with van der Waals surface area (Å²) in [6.07, 6.45) is 0. The van der Waals surface area contributed by atoms with Crippen LogP contribution in [0.1, 0.15) is 11.1 Å². The predicted octanol–water partition coefficient (Wildman–Crippen LogP) is 5.41. The molecule has 0 atom stereocenters. The summed E-state index contributed by atoms with van der Waals surface area (Å²) in [5, 5.41) is 4.72. The SMILES string of the molecule is COCc1ccc(CNc2cc(Cl)c(Cl)cc2Cl)cc1. The van der Waals surface area contributed by atoms with E-state index in [-0.39, 0.29) is 0 Å². The maximum Gasteiger partial charge on any atom is 0.0713 e. The van der Waals surface area contributed by atoms with Gasteiger partial charge in [-0.2, -0.15) is 0 Å². The fraction of sp³-hybridized carbons (Fsp3) is 0.200. The Hall–Kier alpha value is -0.930. The number of nitrogens with one attached hydrogen (secondary N) is 1. The minimum atomic E-state index is 0.450. The molecule has 0 aromatic heterocycles. The summed E-state index contributed by atoms with van der Waals surface area (Å²) >= 11 is 18.0. The Morgan fingerprint density at radius 3 is 2.15 bits per heavy atom. The average Bonchev–Trinajstić information content (AvgIpc) is 2.43. The fourth-order valence-electron chi connectivity index (χ4n) is 1.78. The molecule has 20 heavy (non-hydrogen) atoms. The summed E-state index contributed by atoms with van der Waals surface area (Å²) in [4.78, 5) is 0. The van der Waals surface area contributed by atoms with Crippen molar-refractivity contribution < 1.29 is 4.74 Å². The van der Waals surface area contributed by atoms with Gasteiger partial charge < -0.3 is 10.1 Å². The van der Waals surface area contributed by atoms with Gasteiger partial charge in [0.2, 0.25) is 0 Å². The van der Waals surface area contributed by atoms with Crippen LogP contribution in [0.3, 0.4) is 0 Å². The van der Waals surface area contributed by atoms with Gasteiger partial charge in [-0.05, 0) is 23.3 Å². The second kappa shape index (κ2) is 7.19. The van der Waals surface area contributed by atoms with Gasteiger partial charge in [-0.3, -0.25) is 0 Å². The highest BCUT2D eigenvalue weighted by Crippen LogP contribution is 2.32. The van der Waals surface area contributed by atoms with E-state index in [1.807, 2.05) is 24.3 Å². The number of ether oxygens (including phenoxy) is 1. The highest BCUT2D eigenvalue weighted by molar-refractivity contribution is 6.44. The molecule has 0 saturated heterocycles. The summed E-state index contributed by atoms with van der Waals surface area (Å²) < 4.78 is 5.08. The van der Waals surface area contributed by atoms with E-state index in [2.05, 4.69) is 5.32 Å². The first-order chi connectivity index (χ1) is 9.60. The lowest BCUT2D eigenvalue weighted by atomic mass is 10.1. The van der Waals surface area contributed by atoms with E-state index in [4.69, 9.17) is 39.5 Å². The lowest BCUT2D eigenvalue weighted by molar-refractivity contribution is 0.185. The number of hydrogen-bond donors (Lipinski definition) is 1. The van der Waals surface area contributed by atoms with Gasteiger partial charge in [-0.15, -0.1) is 0 Å². The number of rotatable bonds is 5. The Bertz CT molecular complexity index is 584. The normalized spacial score (nSPS) is 10.6. The monoisotopic (exact) mass is 329 g/mol. The van der Waals surface area contributed by atoms with Crippen molar-refractivity contribution in [1.82, 2.24) is 0 Å². The molecule has 0 aliphatic rings. The molecule has 0 aliphatic carbocycles. The first-order valence-corrected chi connectivity index (χ1v) is 7.18. The quantitative estimate of drug-likeness (QED) is 0.741. The van der Waals surface area contributed by atoms with Crippen LogP contribution in [-0.2, 0) is 17.9 Å². The molecule has 0 spiro atoms. The van der Waals surface area contributed by atoms with Crippen LogP contribution in [0.2, 0.25) is 15.1 Å². The van der Waals surface area contributed by atoms with Crippen LogP contribution in [0.25, 0.3) is 0 Å². The van der Waals surface area contributed by atoms with Crippen molar-refractivity contribution in [2.45, 2.75) is 13.2 Å². The molecule has 5 heteroatoms. The zero-order chi connectivity index (χ0) is 14.5. The number of hydrogen-bond acceptors (Lipinski definition) is 2. The fourth-order valence-corrected chi connectivity index (χ4v) is 2.39. The van der Waals surface area contributed by atoms with Gasteiger partial charge in [0.05, 0.1) is 27.4 Å². The Labute approximate surface area is 133 Å². The van der Waals surface area contributed by atoms with Crippen LogP contribution in [-0.4, -0.2) is 7.11 Å². The topological polar surface area (TPSA) is 21.3 Å². The van der Waals surface area contributed by atoms with Crippen molar-refractivity contribution in [3.05, 3.63) is 62.6 Å². The Morgan fingerprint density at radius 2 is 1.50 bits per heavy atom. The first-order valence-electron chi connectivity index (χ1n) is 6.05. The van der Waals surface area contributed by atoms with Gasteiger partial charge in [0.15, 0.2) is 0 Å². The van der Waals surface area contributed by atoms with Crippen LogP contribution in [0.4, 0.5) is 5.69 Å². The molecule has 0 fully saturated rings. The molecule has 0 amide bonds.